The maximum atomic E-state index is 12.6. The quantitative estimate of drug-likeness (QED) is 0.680. The van der Waals surface area contributed by atoms with Gasteiger partial charge in [-0.05, 0) is 36.4 Å². The molecule has 7 nitrogen and oxygen atoms in total. The van der Waals surface area contributed by atoms with Gasteiger partial charge in [-0.1, -0.05) is 11.6 Å². The van der Waals surface area contributed by atoms with Crippen LogP contribution in [-0.2, 0) is 6.18 Å². The van der Waals surface area contributed by atoms with Gasteiger partial charge in [0.05, 0.1) is 10.6 Å². The van der Waals surface area contributed by atoms with Gasteiger partial charge in [-0.3, -0.25) is 4.79 Å². The summed E-state index contributed by atoms with van der Waals surface area (Å²) in [7, 11) is 0. The first-order valence-corrected chi connectivity index (χ1v) is 7.97. The van der Waals surface area contributed by atoms with Gasteiger partial charge in [-0.25, -0.2) is 14.5 Å². The van der Waals surface area contributed by atoms with Crippen molar-refractivity contribution in [3.05, 3.63) is 70.6 Å². The fraction of sp³-hybridized carbons (Fsp3) is 0.0588. The second-order valence-corrected chi connectivity index (χ2v) is 5.88. The van der Waals surface area contributed by atoms with Crippen molar-refractivity contribution < 1.29 is 27.9 Å². The lowest BCUT2D eigenvalue weighted by Crippen LogP contribution is -2.14. The zero-order valence-corrected chi connectivity index (χ0v) is 14.5. The molecular formula is C17H10ClF3N4O3. The molecule has 0 radical (unpaired) electrons. The number of aromatic nitrogens is 3. The number of benzene rings is 1. The number of anilines is 1. The number of hydrogen-bond donors (Lipinski definition) is 2. The summed E-state index contributed by atoms with van der Waals surface area (Å²) in [5.41, 5.74) is -1.43. The predicted octanol–water partition coefficient (Wildman–Crippen LogP) is 3.89. The standard InChI is InChI=1S/C17H10ClF3N4O3/c18-11-2-1-7-22-14(11)25-13(16(27)28)8-12(24-25)15(26)23-10-5-3-9(4-6-10)17(19,20)21/h1-8H,(H,23,26)(H,27,28). The number of rotatable bonds is 4. The molecule has 0 atom stereocenters. The van der Waals surface area contributed by atoms with Gasteiger partial charge in [-0.2, -0.15) is 18.3 Å². The summed E-state index contributed by atoms with van der Waals surface area (Å²) in [6.45, 7) is 0. The Morgan fingerprint density at radius 3 is 2.39 bits per heavy atom. The van der Waals surface area contributed by atoms with E-state index in [9.17, 15) is 27.9 Å². The van der Waals surface area contributed by atoms with E-state index in [0.29, 0.717) is 0 Å². The number of amides is 1. The van der Waals surface area contributed by atoms with Crippen molar-refractivity contribution in [1.82, 2.24) is 14.8 Å². The molecule has 2 aromatic heterocycles. The number of nitrogens with one attached hydrogen (secondary N) is 1. The second-order valence-electron chi connectivity index (χ2n) is 5.47. The number of carbonyl (C=O) groups excluding carboxylic acids is 1. The van der Waals surface area contributed by atoms with Crippen LogP contribution in [0.1, 0.15) is 26.5 Å². The Morgan fingerprint density at radius 1 is 1.14 bits per heavy atom. The summed E-state index contributed by atoms with van der Waals surface area (Å²) in [6, 6.07) is 7.78. The highest BCUT2D eigenvalue weighted by Gasteiger charge is 2.30. The van der Waals surface area contributed by atoms with E-state index in [1.807, 2.05) is 0 Å². The predicted molar refractivity (Wildman–Crippen MR) is 92.7 cm³/mol. The summed E-state index contributed by atoms with van der Waals surface area (Å²) in [4.78, 5) is 27.8. The maximum absolute atomic E-state index is 12.6. The number of alkyl halides is 3. The van der Waals surface area contributed by atoms with Crippen molar-refractivity contribution in [2.75, 3.05) is 5.32 Å². The van der Waals surface area contributed by atoms with Gasteiger partial charge in [0.25, 0.3) is 5.91 Å². The summed E-state index contributed by atoms with van der Waals surface area (Å²) in [5, 5.41) is 15.7. The van der Waals surface area contributed by atoms with E-state index in [4.69, 9.17) is 11.6 Å². The van der Waals surface area contributed by atoms with Crippen LogP contribution in [0.5, 0.6) is 0 Å². The molecule has 144 valence electrons. The topological polar surface area (TPSA) is 97.1 Å². The van der Waals surface area contributed by atoms with Crippen LogP contribution < -0.4 is 5.32 Å². The number of halogens is 4. The molecule has 3 rings (SSSR count). The average molecular weight is 411 g/mol. The number of hydrogen-bond acceptors (Lipinski definition) is 4. The molecule has 0 aliphatic rings. The summed E-state index contributed by atoms with van der Waals surface area (Å²) >= 11 is 6.00. The number of carboxylic acid groups (broad SMARTS) is 1. The third-order valence-corrected chi connectivity index (χ3v) is 3.87. The maximum Gasteiger partial charge on any atom is 0.416 e. The minimum Gasteiger partial charge on any atom is -0.477 e. The van der Waals surface area contributed by atoms with Crippen molar-refractivity contribution in [3.8, 4) is 5.82 Å². The van der Waals surface area contributed by atoms with Crippen LogP contribution in [0.2, 0.25) is 5.02 Å². The molecule has 0 spiro atoms. The molecule has 11 heteroatoms. The van der Waals surface area contributed by atoms with Gasteiger partial charge in [0.1, 0.15) is 0 Å². The Morgan fingerprint density at radius 2 is 1.82 bits per heavy atom. The van der Waals surface area contributed by atoms with Gasteiger partial charge >= 0.3 is 12.1 Å². The van der Waals surface area contributed by atoms with E-state index < -0.39 is 23.6 Å². The molecule has 0 aliphatic carbocycles. The van der Waals surface area contributed by atoms with Crippen molar-refractivity contribution in [2.45, 2.75) is 6.18 Å². The molecule has 3 aromatic rings. The number of carboxylic acids is 1. The summed E-state index contributed by atoms with van der Waals surface area (Å²) in [5.74, 6) is -2.17. The van der Waals surface area contributed by atoms with Crippen molar-refractivity contribution >= 4 is 29.2 Å². The molecule has 2 heterocycles. The molecule has 0 bridgehead atoms. The average Bonchev–Trinajstić information content (AvgIpc) is 3.07. The van der Waals surface area contributed by atoms with Crippen molar-refractivity contribution in [3.63, 3.8) is 0 Å². The smallest absolute Gasteiger partial charge is 0.416 e. The molecule has 1 aromatic carbocycles. The first kappa shape index (κ1) is 19.4. The Bertz CT molecular complexity index is 1050. The monoisotopic (exact) mass is 410 g/mol. The summed E-state index contributed by atoms with van der Waals surface area (Å²) < 4.78 is 38.7. The van der Waals surface area contributed by atoms with E-state index in [0.717, 1.165) is 35.0 Å². The molecule has 0 saturated heterocycles. The fourth-order valence-corrected chi connectivity index (χ4v) is 2.48. The van der Waals surface area contributed by atoms with Gasteiger partial charge in [0.15, 0.2) is 17.2 Å². The highest BCUT2D eigenvalue weighted by molar-refractivity contribution is 6.32. The van der Waals surface area contributed by atoms with Crippen LogP contribution >= 0.6 is 11.6 Å². The molecular weight excluding hydrogens is 401 g/mol. The minimum absolute atomic E-state index is 0.00940. The zero-order valence-electron chi connectivity index (χ0n) is 13.7. The number of pyridine rings is 1. The van der Waals surface area contributed by atoms with Crippen LogP contribution in [0, 0.1) is 0 Å². The Hall–Kier alpha value is -3.40. The zero-order chi connectivity index (χ0) is 20.5. The van der Waals surface area contributed by atoms with Gasteiger partial charge in [-0.15, -0.1) is 0 Å². The molecule has 0 unspecified atom stereocenters. The first-order valence-electron chi connectivity index (χ1n) is 7.59. The molecule has 1 amide bonds. The van der Waals surface area contributed by atoms with Crippen molar-refractivity contribution in [2.24, 2.45) is 0 Å². The van der Waals surface area contributed by atoms with Crippen LogP contribution in [0.4, 0.5) is 18.9 Å². The molecule has 0 saturated carbocycles. The van der Waals surface area contributed by atoms with Crippen LogP contribution in [-0.4, -0.2) is 31.7 Å². The van der Waals surface area contributed by atoms with E-state index >= 15 is 0 Å². The first-order chi connectivity index (χ1) is 13.2. The fourth-order valence-electron chi connectivity index (χ4n) is 2.28. The third kappa shape index (κ3) is 3.96. The Labute approximate surface area is 160 Å². The summed E-state index contributed by atoms with van der Waals surface area (Å²) in [6.07, 6.45) is -3.13. The van der Waals surface area contributed by atoms with E-state index in [2.05, 4.69) is 15.4 Å². The highest BCUT2D eigenvalue weighted by Crippen LogP contribution is 2.30. The lowest BCUT2D eigenvalue weighted by molar-refractivity contribution is -0.137. The highest BCUT2D eigenvalue weighted by atomic mass is 35.5. The van der Waals surface area contributed by atoms with Crippen LogP contribution in [0.25, 0.3) is 5.82 Å². The minimum atomic E-state index is -4.50. The SMILES string of the molecule is O=C(Nc1ccc(C(F)(F)F)cc1)c1cc(C(=O)O)n(-c2ncccc2Cl)n1. The van der Waals surface area contributed by atoms with Gasteiger partial charge in [0.2, 0.25) is 0 Å². The molecule has 28 heavy (non-hydrogen) atoms. The number of nitrogens with zero attached hydrogens (tertiary/aromatic N) is 3. The van der Waals surface area contributed by atoms with Crippen LogP contribution in [0.3, 0.4) is 0 Å². The molecule has 2 N–H and O–H groups in total. The number of aromatic carboxylic acids is 1. The van der Waals surface area contributed by atoms with Crippen molar-refractivity contribution in [1.29, 1.82) is 0 Å². The van der Waals surface area contributed by atoms with Crippen LogP contribution in [0.15, 0.2) is 48.7 Å². The largest absolute Gasteiger partial charge is 0.477 e. The van der Waals surface area contributed by atoms with E-state index in [1.165, 1.54) is 18.3 Å². The normalized spacial score (nSPS) is 11.3. The lowest BCUT2D eigenvalue weighted by atomic mass is 10.2. The third-order valence-electron chi connectivity index (χ3n) is 3.57. The Balaban J connectivity index is 1.90. The Kier molecular flexibility index (Phi) is 5.06. The van der Waals surface area contributed by atoms with Gasteiger partial charge < -0.3 is 10.4 Å². The van der Waals surface area contributed by atoms with E-state index in [-0.39, 0.29) is 27.9 Å². The second kappa shape index (κ2) is 7.31. The lowest BCUT2D eigenvalue weighted by Gasteiger charge is -2.08. The molecule has 0 aliphatic heterocycles. The number of carbonyl (C=O) groups is 2. The van der Waals surface area contributed by atoms with E-state index in [1.54, 1.807) is 0 Å². The molecule has 0 fully saturated rings. The van der Waals surface area contributed by atoms with Gasteiger partial charge in [0, 0.05) is 18.0 Å².